The molecule has 5 nitrogen and oxygen atoms in total. The molecule has 4 aromatic rings. The molecule has 1 atom stereocenters. The van der Waals surface area contributed by atoms with Crippen molar-refractivity contribution in [3.05, 3.63) is 92.7 Å². The lowest BCUT2D eigenvalue weighted by atomic mass is 10.1. The first kappa shape index (κ1) is 21.9. The van der Waals surface area contributed by atoms with Gasteiger partial charge in [-0.05, 0) is 62.2 Å². The van der Waals surface area contributed by atoms with Crippen LogP contribution in [0.5, 0.6) is 0 Å². The van der Waals surface area contributed by atoms with Gasteiger partial charge in [0.15, 0.2) is 5.76 Å². The molecule has 32 heavy (non-hydrogen) atoms. The van der Waals surface area contributed by atoms with Crippen LogP contribution in [0.4, 0.5) is 8.78 Å². The second kappa shape index (κ2) is 8.33. The number of aromatic nitrogens is 2. The second-order valence-corrected chi connectivity index (χ2v) is 7.98. The molecular formula is C24H19ClF2N2O3. The summed E-state index contributed by atoms with van der Waals surface area (Å²) in [6, 6.07) is 9.50. The van der Waals surface area contributed by atoms with E-state index in [1.165, 1.54) is 29.7 Å². The van der Waals surface area contributed by atoms with E-state index >= 15 is 0 Å². The molecule has 0 bridgehead atoms. The normalized spacial score (nSPS) is 12.2. The number of hydrogen-bond donors (Lipinski definition) is 1. The Labute approximate surface area is 187 Å². The molecule has 0 saturated heterocycles. The predicted octanol–water partition coefficient (Wildman–Crippen LogP) is 5.76. The smallest absolute Gasteiger partial charge is 0.255 e. The van der Waals surface area contributed by atoms with E-state index in [1.807, 2.05) is 13.8 Å². The number of aryl methyl sites for hydroxylation is 2. The van der Waals surface area contributed by atoms with Gasteiger partial charge in [-0.3, -0.25) is 9.36 Å². The van der Waals surface area contributed by atoms with E-state index in [2.05, 4.69) is 4.98 Å². The molecule has 0 spiro atoms. The second-order valence-electron chi connectivity index (χ2n) is 7.54. The molecular weight excluding hydrogens is 438 g/mol. The average molecular weight is 457 g/mol. The van der Waals surface area contributed by atoms with Gasteiger partial charge in [0.05, 0.1) is 5.69 Å². The number of benzene rings is 2. The van der Waals surface area contributed by atoms with Gasteiger partial charge in [0.1, 0.15) is 23.4 Å². The van der Waals surface area contributed by atoms with Gasteiger partial charge in [0.25, 0.3) is 5.56 Å². The largest absolute Gasteiger partial charge is 0.437 e. The highest BCUT2D eigenvalue weighted by molar-refractivity contribution is 6.30. The van der Waals surface area contributed by atoms with Gasteiger partial charge in [-0.2, -0.15) is 0 Å². The third-order valence-corrected chi connectivity index (χ3v) is 5.28. The van der Waals surface area contributed by atoms with Crippen molar-refractivity contribution in [2.24, 2.45) is 0 Å². The summed E-state index contributed by atoms with van der Waals surface area (Å²) in [4.78, 5) is 16.9. The Bertz CT molecular complexity index is 1370. The van der Waals surface area contributed by atoms with Crippen LogP contribution in [0.2, 0.25) is 5.02 Å². The first-order valence-electron chi connectivity index (χ1n) is 9.80. The summed E-state index contributed by atoms with van der Waals surface area (Å²) in [6.07, 6.45) is 0.501. The van der Waals surface area contributed by atoms with Crippen molar-refractivity contribution in [2.45, 2.75) is 26.9 Å². The number of aliphatic hydroxyl groups is 1. The van der Waals surface area contributed by atoms with Crippen molar-refractivity contribution in [3.8, 4) is 28.3 Å². The SMILES string of the molecule is Cc1cc(Cl)cc(C)c1-n1cc(-c2oc(C(C)O)nc2-c2ccc(F)cc2F)ccc1=O. The zero-order chi connectivity index (χ0) is 23.2. The number of hydrogen-bond acceptors (Lipinski definition) is 4. The predicted molar refractivity (Wildman–Crippen MR) is 118 cm³/mol. The third-order valence-electron chi connectivity index (χ3n) is 5.06. The number of halogens is 3. The van der Waals surface area contributed by atoms with Crippen LogP contribution in [0, 0.1) is 25.5 Å². The molecule has 0 fully saturated rings. The van der Waals surface area contributed by atoms with E-state index in [9.17, 15) is 18.7 Å². The molecule has 2 heterocycles. The summed E-state index contributed by atoms with van der Waals surface area (Å²) in [5, 5.41) is 10.5. The highest BCUT2D eigenvalue weighted by Crippen LogP contribution is 2.36. The lowest BCUT2D eigenvalue weighted by Crippen LogP contribution is -2.18. The average Bonchev–Trinajstić information content (AvgIpc) is 3.14. The molecule has 2 aromatic carbocycles. The molecule has 0 aliphatic carbocycles. The van der Waals surface area contributed by atoms with Gasteiger partial charge in [0.2, 0.25) is 5.89 Å². The van der Waals surface area contributed by atoms with E-state index in [4.69, 9.17) is 16.0 Å². The monoisotopic (exact) mass is 456 g/mol. The Kier molecular flexibility index (Phi) is 5.71. The summed E-state index contributed by atoms with van der Waals surface area (Å²) in [5.41, 5.74) is 2.49. The summed E-state index contributed by atoms with van der Waals surface area (Å²) >= 11 is 6.13. The molecule has 0 radical (unpaired) electrons. The highest BCUT2D eigenvalue weighted by atomic mass is 35.5. The first-order chi connectivity index (χ1) is 15.2. The Hall–Kier alpha value is -3.29. The summed E-state index contributed by atoms with van der Waals surface area (Å²) in [7, 11) is 0. The molecule has 2 aromatic heterocycles. The maximum absolute atomic E-state index is 14.5. The van der Waals surface area contributed by atoms with Crippen LogP contribution in [0.15, 0.2) is 57.9 Å². The van der Waals surface area contributed by atoms with Crippen LogP contribution in [0.1, 0.15) is 30.0 Å². The standard InChI is InChI=1S/C24H19ClF2N2O3/c1-12-8-16(25)9-13(2)22(12)29-11-15(4-7-20(29)31)23-21(28-24(32-23)14(3)30)18-6-5-17(26)10-19(18)27/h4-11,14,30H,1-3H3. The maximum Gasteiger partial charge on any atom is 0.255 e. The minimum atomic E-state index is -1.06. The molecule has 0 aliphatic heterocycles. The van der Waals surface area contributed by atoms with Gasteiger partial charge in [-0.25, -0.2) is 13.8 Å². The first-order valence-corrected chi connectivity index (χ1v) is 10.2. The number of pyridine rings is 1. The van der Waals surface area contributed by atoms with Crippen LogP contribution in [-0.2, 0) is 0 Å². The van der Waals surface area contributed by atoms with Crippen molar-refractivity contribution in [1.29, 1.82) is 0 Å². The van der Waals surface area contributed by atoms with Crippen molar-refractivity contribution < 1.29 is 18.3 Å². The van der Waals surface area contributed by atoms with Gasteiger partial charge in [-0.1, -0.05) is 11.6 Å². The molecule has 1 unspecified atom stereocenters. The van der Waals surface area contributed by atoms with Crippen LogP contribution in [0.3, 0.4) is 0 Å². The van der Waals surface area contributed by atoms with Gasteiger partial charge in [-0.15, -0.1) is 0 Å². The molecule has 164 valence electrons. The summed E-state index contributed by atoms with van der Waals surface area (Å²) < 4.78 is 35.2. The fraction of sp³-hybridized carbons (Fsp3) is 0.167. The fourth-order valence-electron chi connectivity index (χ4n) is 3.65. The van der Waals surface area contributed by atoms with Crippen LogP contribution < -0.4 is 5.56 Å². The van der Waals surface area contributed by atoms with Crippen LogP contribution >= 0.6 is 11.6 Å². The van der Waals surface area contributed by atoms with E-state index < -0.39 is 17.7 Å². The van der Waals surface area contributed by atoms with Gasteiger partial charge in [0, 0.05) is 34.5 Å². The molecule has 1 N–H and O–H groups in total. The molecule has 8 heteroatoms. The number of oxazole rings is 1. The molecule has 0 aliphatic rings. The van der Waals surface area contributed by atoms with Gasteiger partial charge < -0.3 is 9.52 Å². The lowest BCUT2D eigenvalue weighted by Gasteiger charge is -2.14. The molecule has 0 saturated carbocycles. The van der Waals surface area contributed by atoms with E-state index in [-0.39, 0.29) is 28.5 Å². The quantitative estimate of drug-likeness (QED) is 0.424. The van der Waals surface area contributed by atoms with Crippen molar-refractivity contribution in [3.63, 3.8) is 0 Å². The summed E-state index contributed by atoms with van der Waals surface area (Å²) in [5.74, 6) is -1.44. The number of nitrogens with zero attached hydrogens (tertiary/aromatic N) is 2. The van der Waals surface area contributed by atoms with Crippen molar-refractivity contribution >= 4 is 11.6 Å². The zero-order valence-electron chi connectivity index (χ0n) is 17.5. The number of aliphatic hydroxyl groups excluding tert-OH is 1. The topological polar surface area (TPSA) is 68.3 Å². The fourth-order valence-corrected chi connectivity index (χ4v) is 3.98. The summed E-state index contributed by atoms with van der Waals surface area (Å²) in [6.45, 7) is 5.14. The molecule has 4 rings (SSSR count). The third kappa shape index (κ3) is 3.97. The minimum absolute atomic E-state index is 0.00801. The lowest BCUT2D eigenvalue weighted by molar-refractivity contribution is 0.164. The van der Waals surface area contributed by atoms with Crippen molar-refractivity contribution in [2.75, 3.05) is 0 Å². The van der Waals surface area contributed by atoms with E-state index in [0.29, 0.717) is 16.3 Å². The zero-order valence-corrected chi connectivity index (χ0v) is 18.2. The van der Waals surface area contributed by atoms with Crippen LogP contribution in [0.25, 0.3) is 28.3 Å². The highest BCUT2D eigenvalue weighted by Gasteiger charge is 2.23. The Morgan fingerprint density at radius 2 is 1.78 bits per heavy atom. The van der Waals surface area contributed by atoms with Gasteiger partial charge >= 0.3 is 0 Å². The van der Waals surface area contributed by atoms with Crippen LogP contribution in [-0.4, -0.2) is 14.7 Å². The Morgan fingerprint density at radius 1 is 1.09 bits per heavy atom. The minimum Gasteiger partial charge on any atom is -0.437 e. The van der Waals surface area contributed by atoms with E-state index in [1.54, 1.807) is 18.3 Å². The van der Waals surface area contributed by atoms with E-state index in [0.717, 1.165) is 23.3 Å². The Balaban J connectivity index is 1.96. The number of rotatable bonds is 4. The van der Waals surface area contributed by atoms with Crippen molar-refractivity contribution in [1.82, 2.24) is 9.55 Å². The molecule has 0 amide bonds. The maximum atomic E-state index is 14.5. The Morgan fingerprint density at radius 3 is 2.41 bits per heavy atom.